The van der Waals surface area contributed by atoms with Crippen molar-refractivity contribution in [1.29, 1.82) is 0 Å². The molecule has 0 aromatic heterocycles. The summed E-state index contributed by atoms with van der Waals surface area (Å²) in [6.45, 7) is 5.90. The molecule has 0 spiro atoms. The zero-order valence-corrected chi connectivity index (χ0v) is 12.7. The first kappa shape index (κ1) is 17.3. The molecule has 0 fully saturated rings. The molecule has 0 saturated carbocycles. The van der Waals surface area contributed by atoms with Crippen molar-refractivity contribution in [1.82, 2.24) is 10.2 Å². The van der Waals surface area contributed by atoms with Gasteiger partial charge in [-0.1, -0.05) is 19.1 Å². The summed E-state index contributed by atoms with van der Waals surface area (Å²) in [5.41, 5.74) is 6.30. The van der Waals surface area contributed by atoms with Crippen molar-refractivity contribution < 1.29 is 14.6 Å². The number of nitrogens with two attached hydrogens (primary N) is 1. The van der Waals surface area contributed by atoms with Gasteiger partial charge in [0.05, 0.1) is 12.2 Å². The normalized spacial score (nSPS) is 12.2. The molecule has 4 N–H and O–H groups in total. The van der Waals surface area contributed by atoms with E-state index in [0.29, 0.717) is 31.1 Å². The van der Waals surface area contributed by atoms with Crippen LogP contribution in [-0.4, -0.2) is 54.8 Å². The largest absolute Gasteiger partial charge is 0.489 e. The van der Waals surface area contributed by atoms with E-state index in [1.165, 1.54) is 0 Å². The second-order valence-corrected chi connectivity index (χ2v) is 4.78. The number of carbonyl (C=O) groups excluding carboxylic acids is 1. The molecule has 1 amide bonds. The molecular formula is C15H25N3O3. The lowest BCUT2D eigenvalue weighted by molar-refractivity contribution is -0.122. The molecule has 118 valence electrons. The molecule has 1 unspecified atom stereocenters. The molecule has 0 saturated heterocycles. The number of aliphatic hydroxyl groups is 1. The van der Waals surface area contributed by atoms with E-state index < -0.39 is 6.10 Å². The SMILES string of the molecule is CCNC(=O)CN(CC)CC(O)COc1ccccc1N. The number of amides is 1. The number of benzene rings is 1. The maximum Gasteiger partial charge on any atom is 0.234 e. The van der Waals surface area contributed by atoms with Gasteiger partial charge in [0.2, 0.25) is 5.91 Å². The average molecular weight is 295 g/mol. The van der Waals surface area contributed by atoms with Gasteiger partial charge in [0.15, 0.2) is 0 Å². The van der Waals surface area contributed by atoms with Gasteiger partial charge < -0.3 is 20.9 Å². The van der Waals surface area contributed by atoms with E-state index in [0.717, 1.165) is 0 Å². The highest BCUT2D eigenvalue weighted by Gasteiger charge is 2.14. The number of hydrogen-bond donors (Lipinski definition) is 3. The second kappa shape index (κ2) is 9.20. The molecule has 0 aliphatic rings. The quantitative estimate of drug-likeness (QED) is 0.576. The number of hydrogen-bond acceptors (Lipinski definition) is 5. The van der Waals surface area contributed by atoms with Gasteiger partial charge in [0.25, 0.3) is 0 Å². The Morgan fingerprint density at radius 1 is 1.43 bits per heavy atom. The van der Waals surface area contributed by atoms with Crippen molar-refractivity contribution in [3.8, 4) is 5.75 Å². The summed E-state index contributed by atoms with van der Waals surface area (Å²) in [5.74, 6) is 0.517. The Balaban J connectivity index is 2.39. The monoisotopic (exact) mass is 295 g/mol. The van der Waals surface area contributed by atoms with Crippen LogP contribution in [-0.2, 0) is 4.79 Å². The van der Waals surface area contributed by atoms with Gasteiger partial charge in [0.1, 0.15) is 18.5 Å². The number of anilines is 1. The van der Waals surface area contributed by atoms with Crippen molar-refractivity contribution in [3.05, 3.63) is 24.3 Å². The number of likely N-dealkylation sites (N-methyl/N-ethyl adjacent to an activating group) is 2. The van der Waals surface area contributed by atoms with Crippen molar-refractivity contribution in [3.63, 3.8) is 0 Å². The predicted octanol–water partition coefficient (Wildman–Crippen LogP) is 0.467. The summed E-state index contributed by atoms with van der Waals surface area (Å²) < 4.78 is 5.49. The summed E-state index contributed by atoms with van der Waals surface area (Å²) in [4.78, 5) is 13.4. The molecule has 0 aliphatic heterocycles. The van der Waals surface area contributed by atoms with E-state index in [1.807, 2.05) is 30.9 Å². The van der Waals surface area contributed by atoms with E-state index in [9.17, 15) is 9.90 Å². The second-order valence-electron chi connectivity index (χ2n) is 4.78. The number of nitrogen functional groups attached to an aromatic ring is 1. The number of rotatable bonds is 9. The summed E-state index contributed by atoms with van der Waals surface area (Å²) >= 11 is 0. The number of ether oxygens (including phenoxy) is 1. The Bertz CT molecular complexity index is 440. The number of carbonyl (C=O) groups is 1. The third-order valence-electron chi connectivity index (χ3n) is 3.01. The lowest BCUT2D eigenvalue weighted by atomic mass is 10.3. The Labute approximate surface area is 125 Å². The molecule has 6 nitrogen and oxygen atoms in total. The highest BCUT2D eigenvalue weighted by Crippen LogP contribution is 2.19. The molecule has 1 rings (SSSR count). The van der Waals surface area contributed by atoms with Crippen LogP contribution in [0.1, 0.15) is 13.8 Å². The molecule has 0 heterocycles. The molecule has 1 aromatic rings. The first-order chi connectivity index (χ1) is 10.1. The number of nitrogens with one attached hydrogen (secondary N) is 1. The highest BCUT2D eigenvalue weighted by molar-refractivity contribution is 5.77. The number of nitrogens with zero attached hydrogens (tertiary/aromatic N) is 1. The topological polar surface area (TPSA) is 87.8 Å². The lowest BCUT2D eigenvalue weighted by Gasteiger charge is -2.23. The Hall–Kier alpha value is -1.79. The summed E-state index contributed by atoms with van der Waals surface area (Å²) in [6.07, 6.45) is -0.681. The predicted molar refractivity (Wildman–Crippen MR) is 83.2 cm³/mol. The molecule has 1 atom stereocenters. The molecule has 0 aliphatic carbocycles. The van der Waals surface area contributed by atoms with Crippen molar-refractivity contribution >= 4 is 11.6 Å². The van der Waals surface area contributed by atoms with Gasteiger partial charge in [0, 0.05) is 13.1 Å². The number of aliphatic hydroxyl groups excluding tert-OH is 1. The van der Waals surface area contributed by atoms with Crippen LogP contribution in [0.15, 0.2) is 24.3 Å². The lowest BCUT2D eigenvalue weighted by Crippen LogP contribution is -2.42. The minimum absolute atomic E-state index is 0.0419. The maximum absolute atomic E-state index is 11.5. The van der Waals surface area contributed by atoms with Gasteiger partial charge in [-0.05, 0) is 25.6 Å². The zero-order chi connectivity index (χ0) is 15.7. The van der Waals surface area contributed by atoms with Gasteiger partial charge in [-0.2, -0.15) is 0 Å². The fourth-order valence-electron chi connectivity index (χ4n) is 1.91. The molecule has 6 heteroatoms. The summed E-state index contributed by atoms with van der Waals surface area (Å²) in [6, 6.07) is 7.15. The van der Waals surface area contributed by atoms with E-state index in [4.69, 9.17) is 10.5 Å². The van der Waals surface area contributed by atoms with Crippen LogP contribution in [0.5, 0.6) is 5.75 Å². The molecular weight excluding hydrogens is 270 g/mol. The standard InChI is InChI=1S/C15H25N3O3/c1-3-17-15(20)10-18(4-2)9-12(19)11-21-14-8-6-5-7-13(14)16/h5-8,12,19H,3-4,9-11,16H2,1-2H3,(H,17,20). The Morgan fingerprint density at radius 3 is 2.76 bits per heavy atom. The maximum atomic E-state index is 11.5. The first-order valence-corrected chi connectivity index (χ1v) is 7.21. The van der Waals surface area contributed by atoms with Crippen molar-refractivity contribution in [2.75, 3.05) is 38.5 Å². The van der Waals surface area contributed by atoms with E-state index in [-0.39, 0.29) is 19.1 Å². The van der Waals surface area contributed by atoms with Crippen molar-refractivity contribution in [2.24, 2.45) is 0 Å². The fraction of sp³-hybridized carbons (Fsp3) is 0.533. The van der Waals surface area contributed by atoms with Crippen LogP contribution in [0.3, 0.4) is 0 Å². The summed E-state index contributed by atoms with van der Waals surface area (Å²) in [7, 11) is 0. The van der Waals surface area contributed by atoms with Gasteiger partial charge in [-0.3, -0.25) is 9.69 Å². The van der Waals surface area contributed by atoms with Gasteiger partial charge in [-0.25, -0.2) is 0 Å². The van der Waals surface area contributed by atoms with Gasteiger partial charge >= 0.3 is 0 Å². The van der Waals surface area contributed by atoms with Crippen LogP contribution in [0.25, 0.3) is 0 Å². The van der Waals surface area contributed by atoms with E-state index in [1.54, 1.807) is 12.1 Å². The minimum Gasteiger partial charge on any atom is -0.489 e. The molecule has 1 aromatic carbocycles. The first-order valence-electron chi connectivity index (χ1n) is 7.21. The van der Waals surface area contributed by atoms with Crippen LogP contribution >= 0.6 is 0 Å². The van der Waals surface area contributed by atoms with Crippen LogP contribution in [0, 0.1) is 0 Å². The van der Waals surface area contributed by atoms with Crippen LogP contribution in [0.4, 0.5) is 5.69 Å². The van der Waals surface area contributed by atoms with Crippen LogP contribution < -0.4 is 15.8 Å². The van der Waals surface area contributed by atoms with E-state index in [2.05, 4.69) is 5.32 Å². The zero-order valence-electron chi connectivity index (χ0n) is 12.7. The smallest absolute Gasteiger partial charge is 0.234 e. The molecule has 0 bridgehead atoms. The summed E-state index contributed by atoms with van der Waals surface area (Å²) in [5, 5.41) is 12.7. The average Bonchev–Trinajstić information content (AvgIpc) is 2.46. The number of para-hydroxylation sites is 2. The Kier molecular flexibility index (Phi) is 7.56. The van der Waals surface area contributed by atoms with Crippen LogP contribution in [0.2, 0.25) is 0 Å². The van der Waals surface area contributed by atoms with E-state index >= 15 is 0 Å². The highest BCUT2D eigenvalue weighted by atomic mass is 16.5. The third kappa shape index (κ3) is 6.46. The van der Waals surface area contributed by atoms with Gasteiger partial charge in [-0.15, -0.1) is 0 Å². The minimum atomic E-state index is -0.681. The fourth-order valence-corrected chi connectivity index (χ4v) is 1.91. The Morgan fingerprint density at radius 2 is 2.14 bits per heavy atom. The molecule has 21 heavy (non-hydrogen) atoms. The third-order valence-corrected chi connectivity index (χ3v) is 3.01. The molecule has 0 radical (unpaired) electrons. The van der Waals surface area contributed by atoms with Crippen molar-refractivity contribution in [2.45, 2.75) is 20.0 Å².